The maximum Gasteiger partial charge on any atom is 0.142 e. The molecule has 0 fully saturated rings. The van der Waals surface area contributed by atoms with Gasteiger partial charge in [-0.3, -0.25) is 4.98 Å². The second-order valence-corrected chi connectivity index (χ2v) is 4.79. The fourth-order valence-electron chi connectivity index (χ4n) is 2.27. The molecule has 0 atom stereocenters. The highest BCUT2D eigenvalue weighted by atomic mass is 19.1. The van der Waals surface area contributed by atoms with Crippen LogP contribution < -0.4 is 5.73 Å². The number of rotatable bonds is 2. The molecule has 0 unspecified atom stereocenters. The van der Waals surface area contributed by atoms with Gasteiger partial charge >= 0.3 is 0 Å². The van der Waals surface area contributed by atoms with Gasteiger partial charge in [-0.25, -0.2) is 13.8 Å². The average Bonchev–Trinajstić information content (AvgIpc) is 2.55. The average molecular weight is 308 g/mol. The Kier molecular flexibility index (Phi) is 3.69. The Morgan fingerprint density at radius 1 is 1.00 bits per heavy atom. The molecule has 2 aromatic heterocycles. The highest BCUT2D eigenvalue weighted by molar-refractivity contribution is 5.80. The molecular formula is C17H10F2N4. The Labute approximate surface area is 130 Å². The molecule has 0 saturated carbocycles. The normalized spacial score (nSPS) is 10.3. The fraction of sp³-hybridized carbons (Fsp3) is 0. The van der Waals surface area contributed by atoms with Crippen LogP contribution in [0.3, 0.4) is 0 Å². The van der Waals surface area contributed by atoms with E-state index in [1.165, 1.54) is 6.07 Å². The molecule has 0 radical (unpaired) electrons. The molecule has 0 aliphatic heterocycles. The number of nitrogen functional groups attached to an aromatic ring is 1. The zero-order valence-corrected chi connectivity index (χ0v) is 11.8. The van der Waals surface area contributed by atoms with E-state index in [4.69, 9.17) is 5.73 Å². The largest absolute Gasteiger partial charge is 0.383 e. The molecule has 2 N–H and O–H groups in total. The zero-order chi connectivity index (χ0) is 16.4. The van der Waals surface area contributed by atoms with E-state index in [9.17, 15) is 14.0 Å². The Hall–Kier alpha value is -3.33. The first-order valence-electron chi connectivity index (χ1n) is 6.66. The van der Waals surface area contributed by atoms with Crippen molar-refractivity contribution in [3.63, 3.8) is 0 Å². The molecule has 4 nitrogen and oxygen atoms in total. The summed E-state index contributed by atoms with van der Waals surface area (Å²) in [6, 6.07) is 10.1. The molecule has 2 heterocycles. The van der Waals surface area contributed by atoms with Gasteiger partial charge in [0, 0.05) is 35.2 Å². The summed E-state index contributed by atoms with van der Waals surface area (Å²) in [7, 11) is 0. The fourth-order valence-corrected chi connectivity index (χ4v) is 2.27. The number of hydrogen-bond donors (Lipinski definition) is 1. The van der Waals surface area contributed by atoms with Crippen LogP contribution in [-0.4, -0.2) is 9.97 Å². The molecule has 23 heavy (non-hydrogen) atoms. The van der Waals surface area contributed by atoms with Gasteiger partial charge in [0.15, 0.2) is 0 Å². The molecule has 6 heteroatoms. The van der Waals surface area contributed by atoms with E-state index in [0.29, 0.717) is 5.69 Å². The van der Waals surface area contributed by atoms with E-state index >= 15 is 0 Å². The number of pyridine rings is 2. The summed E-state index contributed by atoms with van der Waals surface area (Å²) < 4.78 is 27.2. The number of aromatic nitrogens is 2. The molecule has 0 saturated heterocycles. The molecule has 3 aromatic rings. The third-order valence-corrected chi connectivity index (χ3v) is 3.36. The molecule has 0 aliphatic rings. The van der Waals surface area contributed by atoms with E-state index in [1.807, 2.05) is 6.07 Å². The lowest BCUT2D eigenvalue weighted by Crippen LogP contribution is -2.01. The Balaban J connectivity index is 2.27. The van der Waals surface area contributed by atoms with Gasteiger partial charge in [-0.1, -0.05) is 0 Å². The van der Waals surface area contributed by atoms with Gasteiger partial charge in [0.1, 0.15) is 29.1 Å². The van der Waals surface area contributed by atoms with Crippen molar-refractivity contribution in [3.05, 3.63) is 66.0 Å². The van der Waals surface area contributed by atoms with Crippen LogP contribution in [0.25, 0.3) is 22.4 Å². The number of nitrogens with zero attached hydrogens (tertiary/aromatic N) is 3. The monoisotopic (exact) mass is 308 g/mol. The smallest absolute Gasteiger partial charge is 0.142 e. The lowest BCUT2D eigenvalue weighted by atomic mass is 9.98. The third kappa shape index (κ3) is 2.72. The number of anilines is 1. The number of nitriles is 1. The Bertz CT molecular complexity index is 918. The minimum atomic E-state index is -0.771. The van der Waals surface area contributed by atoms with Crippen molar-refractivity contribution in [1.29, 1.82) is 5.26 Å². The standard InChI is InChI=1S/C17H10F2N4/c18-11-1-2-12(15(19)7-11)13-8-16(10-3-5-22-6-4-10)23-17(21)14(13)9-20/h1-8H,(H2,21,23). The van der Waals surface area contributed by atoms with Crippen molar-refractivity contribution < 1.29 is 8.78 Å². The first-order chi connectivity index (χ1) is 11.1. The number of nitrogens with two attached hydrogens (primary N) is 1. The van der Waals surface area contributed by atoms with Crippen LogP contribution in [0.1, 0.15) is 5.56 Å². The quantitative estimate of drug-likeness (QED) is 0.785. The van der Waals surface area contributed by atoms with Gasteiger partial charge in [0.2, 0.25) is 0 Å². The summed E-state index contributed by atoms with van der Waals surface area (Å²) in [6.07, 6.45) is 3.17. The van der Waals surface area contributed by atoms with E-state index in [0.717, 1.165) is 17.7 Å². The Morgan fingerprint density at radius 2 is 1.74 bits per heavy atom. The maximum atomic E-state index is 14.1. The first-order valence-corrected chi connectivity index (χ1v) is 6.66. The lowest BCUT2D eigenvalue weighted by molar-refractivity contribution is 0.585. The molecule has 112 valence electrons. The molecule has 3 rings (SSSR count). The van der Waals surface area contributed by atoms with Gasteiger partial charge in [-0.2, -0.15) is 5.26 Å². The van der Waals surface area contributed by atoms with Crippen molar-refractivity contribution in [2.75, 3.05) is 5.73 Å². The van der Waals surface area contributed by atoms with Crippen LogP contribution in [0.15, 0.2) is 48.8 Å². The summed E-state index contributed by atoms with van der Waals surface area (Å²) in [4.78, 5) is 8.10. The predicted molar refractivity (Wildman–Crippen MR) is 81.9 cm³/mol. The summed E-state index contributed by atoms with van der Waals surface area (Å²) in [6.45, 7) is 0. The van der Waals surface area contributed by atoms with Crippen LogP contribution in [0, 0.1) is 23.0 Å². The van der Waals surface area contributed by atoms with Gasteiger partial charge in [0.05, 0.1) is 5.69 Å². The predicted octanol–water partition coefficient (Wildman–Crippen LogP) is 3.54. The van der Waals surface area contributed by atoms with Gasteiger partial charge < -0.3 is 5.73 Å². The SMILES string of the molecule is N#Cc1c(-c2ccc(F)cc2F)cc(-c2ccncc2)nc1N. The third-order valence-electron chi connectivity index (χ3n) is 3.36. The van der Waals surface area contributed by atoms with Crippen molar-refractivity contribution >= 4 is 5.82 Å². The van der Waals surface area contributed by atoms with Crippen molar-refractivity contribution in [1.82, 2.24) is 9.97 Å². The Morgan fingerprint density at radius 3 is 2.39 bits per heavy atom. The summed E-state index contributed by atoms with van der Waals surface area (Å²) >= 11 is 0. The highest BCUT2D eigenvalue weighted by Gasteiger charge is 2.16. The lowest BCUT2D eigenvalue weighted by Gasteiger charge is -2.11. The van der Waals surface area contributed by atoms with Crippen LogP contribution in [0.4, 0.5) is 14.6 Å². The number of benzene rings is 1. The van der Waals surface area contributed by atoms with Crippen LogP contribution in [0.2, 0.25) is 0 Å². The molecule has 0 bridgehead atoms. The van der Waals surface area contributed by atoms with Gasteiger partial charge in [0.25, 0.3) is 0 Å². The summed E-state index contributed by atoms with van der Waals surface area (Å²) in [5.74, 6) is -1.48. The molecule has 1 aromatic carbocycles. The number of hydrogen-bond acceptors (Lipinski definition) is 4. The first kappa shape index (κ1) is 14.6. The highest BCUT2D eigenvalue weighted by Crippen LogP contribution is 2.32. The van der Waals surface area contributed by atoms with E-state index in [-0.39, 0.29) is 22.5 Å². The topological polar surface area (TPSA) is 75.6 Å². The molecular weight excluding hydrogens is 298 g/mol. The summed E-state index contributed by atoms with van der Waals surface area (Å²) in [5, 5.41) is 9.29. The second-order valence-electron chi connectivity index (χ2n) is 4.79. The van der Waals surface area contributed by atoms with Crippen LogP contribution >= 0.6 is 0 Å². The van der Waals surface area contributed by atoms with Gasteiger partial charge in [-0.05, 0) is 30.3 Å². The number of halogens is 2. The minimum Gasteiger partial charge on any atom is -0.383 e. The molecule has 0 aliphatic carbocycles. The molecule has 0 spiro atoms. The van der Waals surface area contributed by atoms with Crippen molar-refractivity contribution in [2.45, 2.75) is 0 Å². The summed E-state index contributed by atoms with van der Waals surface area (Å²) in [5.41, 5.74) is 7.45. The van der Waals surface area contributed by atoms with E-state index in [2.05, 4.69) is 9.97 Å². The van der Waals surface area contributed by atoms with Crippen LogP contribution in [-0.2, 0) is 0 Å². The molecule has 0 amide bonds. The van der Waals surface area contributed by atoms with Crippen molar-refractivity contribution in [3.8, 4) is 28.5 Å². The van der Waals surface area contributed by atoms with E-state index in [1.54, 1.807) is 30.6 Å². The zero-order valence-electron chi connectivity index (χ0n) is 11.8. The van der Waals surface area contributed by atoms with E-state index < -0.39 is 11.6 Å². The van der Waals surface area contributed by atoms with Crippen LogP contribution in [0.5, 0.6) is 0 Å². The maximum absolute atomic E-state index is 14.1. The second kappa shape index (κ2) is 5.81. The van der Waals surface area contributed by atoms with Crippen molar-refractivity contribution in [2.24, 2.45) is 0 Å². The van der Waals surface area contributed by atoms with Gasteiger partial charge in [-0.15, -0.1) is 0 Å². The minimum absolute atomic E-state index is 0.0134.